The zero-order valence-corrected chi connectivity index (χ0v) is 12.7. The fourth-order valence-electron chi connectivity index (χ4n) is 2.97. The Labute approximate surface area is 119 Å². The van der Waals surface area contributed by atoms with Crippen molar-refractivity contribution in [2.45, 2.75) is 26.3 Å². The van der Waals surface area contributed by atoms with Crippen LogP contribution in [0.25, 0.3) is 10.1 Å². The van der Waals surface area contributed by atoms with E-state index in [0.717, 1.165) is 6.54 Å². The van der Waals surface area contributed by atoms with Crippen molar-refractivity contribution in [2.75, 3.05) is 13.6 Å². The summed E-state index contributed by atoms with van der Waals surface area (Å²) in [5, 5.41) is 1.39. The van der Waals surface area contributed by atoms with Crippen LogP contribution in [0.4, 0.5) is 0 Å². The Morgan fingerprint density at radius 1 is 1.32 bits per heavy atom. The van der Waals surface area contributed by atoms with Gasteiger partial charge in [0, 0.05) is 22.2 Å². The molecule has 2 unspecified atom stereocenters. The van der Waals surface area contributed by atoms with Crippen molar-refractivity contribution in [3.8, 4) is 0 Å². The summed E-state index contributed by atoms with van der Waals surface area (Å²) in [6.45, 7) is 5.72. The second kappa shape index (κ2) is 5.10. The SMILES string of the molecule is CC1=CCN(C)C(Cc2cc3ccccc3s2)C1C. The van der Waals surface area contributed by atoms with Crippen molar-refractivity contribution in [3.05, 3.63) is 46.9 Å². The van der Waals surface area contributed by atoms with Crippen molar-refractivity contribution < 1.29 is 0 Å². The van der Waals surface area contributed by atoms with Crippen LogP contribution in [-0.4, -0.2) is 24.5 Å². The minimum Gasteiger partial charge on any atom is -0.299 e. The first-order valence-electron chi connectivity index (χ1n) is 6.99. The fraction of sp³-hybridized carbons (Fsp3) is 0.412. The van der Waals surface area contributed by atoms with E-state index in [1.54, 1.807) is 5.57 Å². The van der Waals surface area contributed by atoms with Gasteiger partial charge in [0.05, 0.1) is 0 Å². The van der Waals surface area contributed by atoms with E-state index in [0.29, 0.717) is 12.0 Å². The number of likely N-dealkylation sites (N-methyl/N-ethyl adjacent to an activating group) is 1. The van der Waals surface area contributed by atoms with Crippen molar-refractivity contribution in [1.29, 1.82) is 0 Å². The van der Waals surface area contributed by atoms with Gasteiger partial charge in [-0.2, -0.15) is 0 Å². The van der Waals surface area contributed by atoms with Gasteiger partial charge in [0.2, 0.25) is 0 Å². The summed E-state index contributed by atoms with van der Waals surface area (Å²) in [6, 6.07) is 11.7. The van der Waals surface area contributed by atoms with Gasteiger partial charge < -0.3 is 0 Å². The molecular formula is C17H21NS. The highest BCUT2D eigenvalue weighted by molar-refractivity contribution is 7.19. The van der Waals surface area contributed by atoms with Crippen molar-refractivity contribution in [1.82, 2.24) is 4.90 Å². The molecule has 1 aromatic carbocycles. The summed E-state index contributed by atoms with van der Waals surface area (Å²) in [5.74, 6) is 0.656. The topological polar surface area (TPSA) is 3.24 Å². The number of nitrogens with zero attached hydrogens (tertiary/aromatic N) is 1. The number of rotatable bonds is 2. The van der Waals surface area contributed by atoms with Gasteiger partial charge in [0.1, 0.15) is 0 Å². The van der Waals surface area contributed by atoms with Gasteiger partial charge in [0.15, 0.2) is 0 Å². The van der Waals surface area contributed by atoms with E-state index < -0.39 is 0 Å². The number of fused-ring (bicyclic) bond motifs is 1. The maximum atomic E-state index is 2.49. The highest BCUT2D eigenvalue weighted by Gasteiger charge is 2.26. The van der Waals surface area contributed by atoms with Crippen LogP contribution in [0.1, 0.15) is 18.7 Å². The zero-order valence-electron chi connectivity index (χ0n) is 11.9. The molecule has 0 saturated carbocycles. The molecule has 0 aliphatic carbocycles. The standard InChI is InChI=1S/C17H21NS/c1-12-8-9-18(3)16(13(12)2)11-15-10-14-6-4-5-7-17(14)19-15/h4-8,10,13,16H,9,11H2,1-3H3. The third-order valence-corrected chi connectivity index (χ3v) is 5.59. The summed E-state index contributed by atoms with van der Waals surface area (Å²) in [6.07, 6.45) is 3.54. The van der Waals surface area contributed by atoms with E-state index >= 15 is 0 Å². The minimum atomic E-state index is 0.637. The molecular weight excluding hydrogens is 250 g/mol. The number of thiophene rings is 1. The summed E-state index contributed by atoms with van der Waals surface area (Å²) in [7, 11) is 2.25. The molecule has 19 heavy (non-hydrogen) atoms. The Bertz CT molecular complexity index is 578. The second-order valence-electron chi connectivity index (χ2n) is 5.70. The molecule has 2 heteroatoms. The molecule has 0 saturated heterocycles. The summed E-state index contributed by atoms with van der Waals surface area (Å²) in [5.41, 5.74) is 1.55. The van der Waals surface area contributed by atoms with Gasteiger partial charge in [-0.3, -0.25) is 4.90 Å². The minimum absolute atomic E-state index is 0.637. The highest BCUT2D eigenvalue weighted by atomic mass is 32.1. The summed E-state index contributed by atoms with van der Waals surface area (Å²) in [4.78, 5) is 4.00. The van der Waals surface area contributed by atoms with Gasteiger partial charge in [-0.15, -0.1) is 11.3 Å². The Morgan fingerprint density at radius 3 is 2.89 bits per heavy atom. The van der Waals surface area contributed by atoms with E-state index in [2.05, 4.69) is 62.2 Å². The van der Waals surface area contributed by atoms with Crippen LogP contribution < -0.4 is 0 Å². The smallest absolute Gasteiger partial charge is 0.0345 e. The molecule has 0 radical (unpaired) electrons. The molecule has 0 bridgehead atoms. The lowest BCUT2D eigenvalue weighted by Crippen LogP contribution is -2.42. The van der Waals surface area contributed by atoms with E-state index in [1.807, 2.05) is 11.3 Å². The third-order valence-electron chi connectivity index (χ3n) is 4.45. The molecule has 1 aliphatic rings. The van der Waals surface area contributed by atoms with Gasteiger partial charge in [-0.25, -0.2) is 0 Å². The molecule has 2 aromatic rings. The van der Waals surface area contributed by atoms with Crippen LogP contribution in [0.2, 0.25) is 0 Å². The Kier molecular flexibility index (Phi) is 3.46. The maximum Gasteiger partial charge on any atom is 0.0345 e. The van der Waals surface area contributed by atoms with E-state index in [1.165, 1.54) is 21.4 Å². The van der Waals surface area contributed by atoms with Crippen molar-refractivity contribution in [3.63, 3.8) is 0 Å². The van der Waals surface area contributed by atoms with Gasteiger partial charge in [-0.1, -0.05) is 36.8 Å². The molecule has 0 fully saturated rings. The average molecular weight is 271 g/mol. The number of hydrogen-bond acceptors (Lipinski definition) is 2. The lowest BCUT2D eigenvalue weighted by molar-refractivity contribution is 0.202. The monoisotopic (exact) mass is 271 g/mol. The Hall–Kier alpha value is -1.12. The normalized spacial score (nSPS) is 24.7. The molecule has 2 atom stereocenters. The first kappa shape index (κ1) is 12.9. The lowest BCUT2D eigenvalue weighted by atomic mass is 9.87. The number of benzene rings is 1. The molecule has 0 spiro atoms. The van der Waals surface area contributed by atoms with E-state index in [4.69, 9.17) is 0 Å². The molecule has 1 nitrogen and oxygen atoms in total. The first-order chi connectivity index (χ1) is 9.15. The van der Waals surface area contributed by atoms with Crippen LogP contribution in [0.3, 0.4) is 0 Å². The van der Waals surface area contributed by atoms with Crippen molar-refractivity contribution in [2.24, 2.45) is 5.92 Å². The summed E-state index contributed by atoms with van der Waals surface area (Å²) >= 11 is 1.95. The molecule has 0 amide bonds. The summed E-state index contributed by atoms with van der Waals surface area (Å²) < 4.78 is 1.41. The molecule has 3 rings (SSSR count). The Morgan fingerprint density at radius 2 is 2.11 bits per heavy atom. The fourth-order valence-corrected chi connectivity index (χ4v) is 4.08. The van der Waals surface area contributed by atoms with Gasteiger partial charge >= 0.3 is 0 Å². The molecule has 0 N–H and O–H groups in total. The van der Waals surface area contributed by atoms with Crippen LogP contribution in [0, 0.1) is 5.92 Å². The lowest BCUT2D eigenvalue weighted by Gasteiger charge is -2.36. The van der Waals surface area contributed by atoms with Crippen LogP contribution in [0.15, 0.2) is 42.0 Å². The Balaban J connectivity index is 1.86. The first-order valence-corrected chi connectivity index (χ1v) is 7.81. The predicted octanol–water partition coefficient (Wildman–Crippen LogP) is 4.34. The molecule has 1 aromatic heterocycles. The maximum absolute atomic E-state index is 2.49. The predicted molar refractivity (Wildman–Crippen MR) is 84.9 cm³/mol. The zero-order chi connectivity index (χ0) is 13.4. The second-order valence-corrected chi connectivity index (χ2v) is 6.87. The van der Waals surface area contributed by atoms with Crippen LogP contribution >= 0.6 is 11.3 Å². The van der Waals surface area contributed by atoms with E-state index in [-0.39, 0.29) is 0 Å². The van der Waals surface area contributed by atoms with Gasteiger partial charge in [-0.05, 0) is 43.8 Å². The number of hydrogen-bond donors (Lipinski definition) is 0. The largest absolute Gasteiger partial charge is 0.299 e. The highest BCUT2D eigenvalue weighted by Crippen LogP contribution is 2.31. The third kappa shape index (κ3) is 2.47. The molecule has 2 heterocycles. The van der Waals surface area contributed by atoms with Crippen molar-refractivity contribution >= 4 is 21.4 Å². The van der Waals surface area contributed by atoms with Gasteiger partial charge in [0.25, 0.3) is 0 Å². The quantitative estimate of drug-likeness (QED) is 0.734. The van der Waals surface area contributed by atoms with Crippen LogP contribution in [0.5, 0.6) is 0 Å². The van der Waals surface area contributed by atoms with E-state index in [9.17, 15) is 0 Å². The van der Waals surface area contributed by atoms with Crippen LogP contribution in [-0.2, 0) is 6.42 Å². The molecule has 100 valence electrons. The average Bonchev–Trinajstić information content (AvgIpc) is 2.81. The molecule has 1 aliphatic heterocycles.